The number of hydrogen-bond donors (Lipinski definition) is 1. The molecule has 4 fully saturated rings. The number of aliphatic hydroxyl groups is 1. The molecule has 0 aromatic heterocycles. The zero-order valence-electron chi connectivity index (χ0n) is 19.3. The summed E-state index contributed by atoms with van der Waals surface area (Å²) in [6.07, 6.45) is 5.76. The van der Waals surface area contributed by atoms with E-state index in [1.165, 1.54) is 0 Å². The highest BCUT2D eigenvalue weighted by Gasteiger charge is 2.51. The van der Waals surface area contributed by atoms with E-state index < -0.39 is 5.41 Å². The Balaban J connectivity index is 1.18. The van der Waals surface area contributed by atoms with E-state index in [2.05, 4.69) is 9.80 Å². The highest BCUT2D eigenvalue weighted by Crippen LogP contribution is 2.42. The summed E-state index contributed by atoms with van der Waals surface area (Å²) in [6.45, 7) is 5.06. The lowest BCUT2D eigenvalue weighted by Gasteiger charge is -2.43. The van der Waals surface area contributed by atoms with Gasteiger partial charge in [-0.2, -0.15) is 0 Å². The number of likely N-dealkylation sites (tertiary alicyclic amines) is 2. The zero-order valence-corrected chi connectivity index (χ0v) is 20.1. The number of carbonyl (C=O) groups excluding carboxylic acids is 2. The van der Waals surface area contributed by atoms with Gasteiger partial charge in [-0.15, -0.1) is 0 Å². The van der Waals surface area contributed by atoms with Crippen molar-refractivity contribution in [3.8, 4) is 0 Å². The van der Waals surface area contributed by atoms with Crippen LogP contribution in [0.5, 0.6) is 0 Å². The van der Waals surface area contributed by atoms with E-state index in [9.17, 15) is 14.7 Å². The van der Waals surface area contributed by atoms with E-state index in [1.807, 2.05) is 34.1 Å². The van der Waals surface area contributed by atoms with Crippen molar-refractivity contribution in [3.63, 3.8) is 0 Å². The van der Waals surface area contributed by atoms with Crippen LogP contribution in [0.1, 0.15) is 44.9 Å². The number of anilines is 1. The van der Waals surface area contributed by atoms with Crippen LogP contribution in [0.3, 0.4) is 0 Å². The van der Waals surface area contributed by atoms with Crippen molar-refractivity contribution in [2.24, 2.45) is 5.41 Å². The van der Waals surface area contributed by atoms with Gasteiger partial charge in [-0.3, -0.25) is 4.79 Å². The van der Waals surface area contributed by atoms with Crippen LogP contribution >= 0.6 is 11.6 Å². The third kappa shape index (κ3) is 4.54. The molecular weight excluding hydrogens is 440 g/mol. The van der Waals surface area contributed by atoms with Gasteiger partial charge in [-0.1, -0.05) is 11.6 Å². The summed E-state index contributed by atoms with van der Waals surface area (Å²) in [5.41, 5.74) is 0.727. The monoisotopic (exact) mass is 474 g/mol. The van der Waals surface area contributed by atoms with E-state index in [0.29, 0.717) is 19.6 Å². The number of piperazine rings is 1. The van der Waals surface area contributed by atoms with Crippen molar-refractivity contribution in [1.82, 2.24) is 14.7 Å². The molecule has 1 N–H and O–H groups in total. The number of urea groups is 1. The molecule has 7 nitrogen and oxygen atoms in total. The number of carbonyl (C=O) groups is 2. The van der Waals surface area contributed by atoms with Crippen LogP contribution in [0, 0.1) is 5.41 Å². The van der Waals surface area contributed by atoms with Crippen molar-refractivity contribution in [3.05, 3.63) is 29.3 Å². The minimum Gasteiger partial charge on any atom is -0.393 e. The second-order valence-corrected chi connectivity index (χ2v) is 10.7. The molecule has 4 aliphatic rings. The number of piperidine rings is 1. The van der Waals surface area contributed by atoms with Gasteiger partial charge < -0.3 is 24.7 Å². The molecule has 1 spiro atoms. The molecule has 1 aromatic rings. The summed E-state index contributed by atoms with van der Waals surface area (Å²) >= 11 is 6.01. The summed E-state index contributed by atoms with van der Waals surface area (Å²) in [4.78, 5) is 35.1. The Morgan fingerprint density at radius 1 is 0.909 bits per heavy atom. The van der Waals surface area contributed by atoms with Crippen molar-refractivity contribution in [2.45, 2.75) is 57.1 Å². The summed E-state index contributed by atoms with van der Waals surface area (Å²) in [5, 5.41) is 10.6. The minimum absolute atomic E-state index is 0.0804. The summed E-state index contributed by atoms with van der Waals surface area (Å²) in [7, 11) is 0. The van der Waals surface area contributed by atoms with Gasteiger partial charge in [0.15, 0.2) is 0 Å². The summed E-state index contributed by atoms with van der Waals surface area (Å²) in [6, 6.07) is 8.19. The van der Waals surface area contributed by atoms with Crippen LogP contribution in [0.2, 0.25) is 5.02 Å². The lowest BCUT2D eigenvalue weighted by Crippen LogP contribution is -2.57. The van der Waals surface area contributed by atoms with Gasteiger partial charge in [0.2, 0.25) is 5.91 Å². The largest absolute Gasteiger partial charge is 0.393 e. The van der Waals surface area contributed by atoms with Crippen LogP contribution < -0.4 is 4.90 Å². The number of aliphatic hydroxyl groups excluding tert-OH is 1. The fourth-order valence-corrected chi connectivity index (χ4v) is 6.37. The zero-order chi connectivity index (χ0) is 23.0. The van der Waals surface area contributed by atoms with Crippen molar-refractivity contribution >= 4 is 29.2 Å². The molecule has 3 saturated heterocycles. The predicted octanol–water partition coefficient (Wildman–Crippen LogP) is 3.20. The standard InChI is InChI=1S/C25H35ClN4O3/c26-19-2-4-20(5-3-19)27-14-16-28(17-15-27)24(33)29-12-1-10-25(18-29)11-13-30(23(25)32)21-6-8-22(31)9-7-21/h2-5,21-22,31H,1,6-18H2. The topological polar surface area (TPSA) is 67.3 Å². The number of amides is 3. The van der Waals surface area contributed by atoms with Crippen LogP contribution in [0.25, 0.3) is 0 Å². The fourth-order valence-electron chi connectivity index (χ4n) is 6.25. The van der Waals surface area contributed by atoms with Crippen molar-refractivity contribution in [2.75, 3.05) is 50.7 Å². The normalized spacial score (nSPS) is 30.9. The van der Waals surface area contributed by atoms with E-state index in [0.717, 1.165) is 81.8 Å². The molecule has 3 aliphatic heterocycles. The molecule has 1 saturated carbocycles. The number of benzene rings is 1. The van der Waals surface area contributed by atoms with Gasteiger partial charge >= 0.3 is 6.03 Å². The van der Waals surface area contributed by atoms with Gasteiger partial charge in [0.25, 0.3) is 0 Å². The predicted molar refractivity (Wildman–Crippen MR) is 128 cm³/mol. The molecule has 5 rings (SSSR count). The first-order valence-corrected chi connectivity index (χ1v) is 12.9. The maximum atomic E-state index is 13.5. The van der Waals surface area contributed by atoms with E-state index in [-0.39, 0.29) is 24.1 Å². The fraction of sp³-hybridized carbons (Fsp3) is 0.680. The third-order valence-electron chi connectivity index (χ3n) is 8.24. The molecule has 8 heteroatoms. The molecule has 1 atom stereocenters. The van der Waals surface area contributed by atoms with E-state index in [1.54, 1.807) is 0 Å². The molecule has 180 valence electrons. The maximum absolute atomic E-state index is 13.5. The van der Waals surface area contributed by atoms with Crippen LogP contribution in [-0.2, 0) is 4.79 Å². The molecule has 3 heterocycles. The molecule has 1 aromatic carbocycles. The lowest BCUT2D eigenvalue weighted by molar-refractivity contribution is -0.141. The van der Waals surface area contributed by atoms with Gasteiger partial charge in [0.1, 0.15) is 0 Å². The number of hydrogen-bond acceptors (Lipinski definition) is 4. The number of rotatable bonds is 2. The second-order valence-electron chi connectivity index (χ2n) is 10.2. The van der Waals surface area contributed by atoms with Crippen molar-refractivity contribution in [1.29, 1.82) is 0 Å². The smallest absolute Gasteiger partial charge is 0.320 e. The number of halogens is 1. The Morgan fingerprint density at radius 2 is 1.61 bits per heavy atom. The third-order valence-corrected chi connectivity index (χ3v) is 8.49. The Labute approximate surface area is 201 Å². The average molecular weight is 475 g/mol. The van der Waals surface area contributed by atoms with Crippen LogP contribution in [-0.4, -0.2) is 89.7 Å². The Kier molecular flexibility index (Phi) is 6.45. The lowest BCUT2D eigenvalue weighted by atomic mass is 9.78. The van der Waals surface area contributed by atoms with Gasteiger partial charge in [-0.05, 0) is 69.2 Å². The summed E-state index contributed by atoms with van der Waals surface area (Å²) in [5.74, 6) is 0.244. The minimum atomic E-state index is -0.408. The second kappa shape index (κ2) is 9.34. The molecule has 0 bridgehead atoms. The molecular formula is C25H35ClN4O3. The SMILES string of the molecule is O=C(N1CCN(c2ccc(Cl)cc2)CC1)N1CCCC2(CCN(C3CCC(O)CC3)C2=O)C1. The Bertz CT molecular complexity index is 865. The molecule has 3 amide bonds. The van der Waals surface area contributed by atoms with Gasteiger partial charge in [0.05, 0.1) is 11.5 Å². The first kappa shape index (κ1) is 22.8. The van der Waals surface area contributed by atoms with Crippen molar-refractivity contribution < 1.29 is 14.7 Å². The Hall–Kier alpha value is -1.99. The van der Waals surface area contributed by atoms with Gasteiger partial charge in [0, 0.05) is 62.6 Å². The Morgan fingerprint density at radius 3 is 2.30 bits per heavy atom. The first-order chi connectivity index (χ1) is 15.9. The molecule has 0 radical (unpaired) electrons. The highest BCUT2D eigenvalue weighted by molar-refractivity contribution is 6.30. The average Bonchev–Trinajstić information content (AvgIpc) is 3.15. The molecule has 1 unspecified atom stereocenters. The maximum Gasteiger partial charge on any atom is 0.320 e. The quantitative estimate of drug-likeness (QED) is 0.714. The van der Waals surface area contributed by atoms with Gasteiger partial charge in [-0.25, -0.2) is 4.79 Å². The molecule has 33 heavy (non-hydrogen) atoms. The summed E-state index contributed by atoms with van der Waals surface area (Å²) < 4.78 is 0. The number of nitrogens with zero attached hydrogens (tertiary/aromatic N) is 4. The highest BCUT2D eigenvalue weighted by atomic mass is 35.5. The van der Waals surface area contributed by atoms with E-state index in [4.69, 9.17) is 11.6 Å². The van der Waals surface area contributed by atoms with E-state index >= 15 is 0 Å². The van der Waals surface area contributed by atoms with Crippen LogP contribution in [0.4, 0.5) is 10.5 Å². The molecule has 1 aliphatic carbocycles. The first-order valence-electron chi connectivity index (χ1n) is 12.5. The van der Waals surface area contributed by atoms with Crippen LogP contribution in [0.15, 0.2) is 24.3 Å².